The molecule has 0 fully saturated rings. The van der Waals surface area contributed by atoms with E-state index in [0.717, 1.165) is 24.9 Å². The number of ether oxygens (including phenoxy) is 2. The Bertz CT molecular complexity index is 843. The van der Waals surface area contributed by atoms with Crippen LogP contribution in [0.3, 0.4) is 0 Å². The maximum Gasteiger partial charge on any atom is 0.363 e. The van der Waals surface area contributed by atoms with Crippen LogP contribution in [-0.4, -0.2) is 41.9 Å². The Morgan fingerprint density at radius 3 is 2.75 bits per heavy atom. The molecular formula is C21H25N3O4. The van der Waals surface area contributed by atoms with Gasteiger partial charge in [-0.3, -0.25) is 4.79 Å². The molecule has 0 atom stereocenters. The molecular weight excluding hydrogens is 358 g/mol. The molecule has 0 saturated heterocycles. The van der Waals surface area contributed by atoms with E-state index in [2.05, 4.69) is 16.5 Å². The summed E-state index contributed by atoms with van der Waals surface area (Å²) in [4.78, 5) is 24.3. The van der Waals surface area contributed by atoms with Gasteiger partial charge in [-0.1, -0.05) is 29.8 Å². The summed E-state index contributed by atoms with van der Waals surface area (Å²) in [5, 5.41) is 7.01. The van der Waals surface area contributed by atoms with Crippen LogP contribution < -0.4 is 10.1 Å². The molecule has 0 unspecified atom stereocenters. The minimum atomic E-state index is -0.698. The standard InChI is InChI=1S/C21H25N3O4/c1-27-18-14-24(17-10-6-3-7-11-17)23-20(18)21(26)28-15-19(25)22-13-12-16-8-4-2-5-9-16/h3,6-8,10-11,14H,2,4-5,9,12-13,15H2,1H3,(H,22,25). The molecule has 0 spiro atoms. The van der Waals surface area contributed by atoms with Crippen LogP contribution >= 0.6 is 0 Å². The van der Waals surface area contributed by atoms with Crippen molar-refractivity contribution in [1.82, 2.24) is 15.1 Å². The highest BCUT2D eigenvalue weighted by molar-refractivity contribution is 5.92. The molecule has 0 radical (unpaired) electrons. The van der Waals surface area contributed by atoms with Crippen LogP contribution in [0.2, 0.25) is 0 Å². The average Bonchev–Trinajstić information content (AvgIpc) is 3.18. The zero-order valence-electron chi connectivity index (χ0n) is 16.0. The molecule has 1 amide bonds. The van der Waals surface area contributed by atoms with E-state index in [0.29, 0.717) is 12.3 Å². The molecule has 0 saturated carbocycles. The number of allylic oxidation sites excluding steroid dienone is 1. The van der Waals surface area contributed by atoms with Gasteiger partial charge < -0.3 is 14.8 Å². The Morgan fingerprint density at radius 1 is 1.21 bits per heavy atom. The number of nitrogens with one attached hydrogen (secondary N) is 1. The van der Waals surface area contributed by atoms with Gasteiger partial charge in [-0.05, 0) is 44.2 Å². The van der Waals surface area contributed by atoms with Crippen LogP contribution in [0, 0.1) is 0 Å². The lowest BCUT2D eigenvalue weighted by atomic mass is 9.97. The topological polar surface area (TPSA) is 82.5 Å². The Labute approximate surface area is 164 Å². The molecule has 1 aliphatic carbocycles. The molecule has 1 N–H and O–H groups in total. The molecule has 1 aromatic heterocycles. The third-order valence-corrected chi connectivity index (χ3v) is 4.60. The van der Waals surface area contributed by atoms with Gasteiger partial charge in [0.05, 0.1) is 19.0 Å². The van der Waals surface area contributed by atoms with Crippen molar-refractivity contribution in [3.05, 3.63) is 53.9 Å². The van der Waals surface area contributed by atoms with Crippen molar-refractivity contribution < 1.29 is 19.1 Å². The Balaban J connectivity index is 1.50. The molecule has 3 rings (SSSR count). The van der Waals surface area contributed by atoms with Gasteiger partial charge in [0.2, 0.25) is 5.69 Å². The first-order valence-corrected chi connectivity index (χ1v) is 9.48. The predicted molar refractivity (Wildman–Crippen MR) is 105 cm³/mol. The number of benzene rings is 1. The van der Waals surface area contributed by atoms with Crippen molar-refractivity contribution in [3.8, 4) is 11.4 Å². The van der Waals surface area contributed by atoms with Crippen molar-refractivity contribution in [1.29, 1.82) is 0 Å². The molecule has 148 valence electrons. The highest BCUT2D eigenvalue weighted by Gasteiger charge is 2.20. The lowest BCUT2D eigenvalue weighted by Gasteiger charge is -2.12. The molecule has 0 bridgehead atoms. The fourth-order valence-corrected chi connectivity index (χ4v) is 3.11. The molecule has 0 aliphatic heterocycles. The maximum atomic E-state index is 12.3. The number of aromatic nitrogens is 2. The molecule has 7 nitrogen and oxygen atoms in total. The van der Waals surface area contributed by atoms with Crippen molar-refractivity contribution in [3.63, 3.8) is 0 Å². The van der Waals surface area contributed by atoms with E-state index >= 15 is 0 Å². The minimum absolute atomic E-state index is 0.0338. The molecule has 1 aliphatic rings. The molecule has 7 heteroatoms. The number of amides is 1. The monoisotopic (exact) mass is 383 g/mol. The van der Waals surface area contributed by atoms with Gasteiger partial charge in [-0.25, -0.2) is 9.48 Å². The molecule has 1 aromatic carbocycles. The second-order valence-electron chi connectivity index (χ2n) is 6.61. The quantitative estimate of drug-likeness (QED) is 0.560. The first kappa shape index (κ1) is 19.7. The lowest BCUT2D eigenvalue weighted by molar-refractivity contribution is -0.124. The van der Waals surface area contributed by atoms with Crippen LogP contribution in [0.25, 0.3) is 5.69 Å². The third kappa shape index (κ3) is 5.22. The van der Waals surface area contributed by atoms with Crippen molar-refractivity contribution in [2.75, 3.05) is 20.3 Å². The van der Waals surface area contributed by atoms with Crippen LogP contribution in [0.5, 0.6) is 5.75 Å². The highest BCUT2D eigenvalue weighted by atomic mass is 16.5. The van der Waals surface area contributed by atoms with E-state index in [9.17, 15) is 9.59 Å². The smallest absolute Gasteiger partial charge is 0.363 e. The summed E-state index contributed by atoms with van der Waals surface area (Å²) in [5.41, 5.74) is 2.21. The van der Waals surface area contributed by atoms with E-state index in [1.165, 1.54) is 30.2 Å². The molecule has 1 heterocycles. The SMILES string of the molecule is COc1cn(-c2ccccc2)nc1C(=O)OCC(=O)NCCC1=CCCCC1. The van der Waals surface area contributed by atoms with E-state index in [1.54, 1.807) is 6.20 Å². The third-order valence-electron chi connectivity index (χ3n) is 4.60. The largest absolute Gasteiger partial charge is 0.493 e. The van der Waals surface area contributed by atoms with Gasteiger partial charge in [-0.2, -0.15) is 5.10 Å². The summed E-state index contributed by atoms with van der Waals surface area (Å²) >= 11 is 0. The minimum Gasteiger partial charge on any atom is -0.493 e. The number of nitrogens with zero attached hydrogens (tertiary/aromatic N) is 2. The van der Waals surface area contributed by atoms with Gasteiger partial charge >= 0.3 is 5.97 Å². The molecule has 28 heavy (non-hydrogen) atoms. The van der Waals surface area contributed by atoms with Crippen LogP contribution in [0.1, 0.15) is 42.6 Å². The number of para-hydroxylation sites is 1. The Morgan fingerprint density at radius 2 is 2.04 bits per heavy atom. The van der Waals surface area contributed by atoms with E-state index in [-0.39, 0.29) is 18.2 Å². The summed E-state index contributed by atoms with van der Waals surface area (Å²) in [6.07, 6.45) is 9.39. The maximum absolute atomic E-state index is 12.3. The van der Waals surface area contributed by atoms with Crippen molar-refractivity contribution in [2.45, 2.75) is 32.1 Å². The van der Waals surface area contributed by atoms with E-state index in [4.69, 9.17) is 9.47 Å². The fraction of sp³-hybridized carbons (Fsp3) is 0.381. The van der Waals surface area contributed by atoms with Gasteiger partial charge in [0.1, 0.15) is 0 Å². The Kier molecular flexibility index (Phi) is 6.84. The van der Waals surface area contributed by atoms with Gasteiger partial charge in [0, 0.05) is 6.54 Å². The Hall–Kier alpha value is -3.09. The zero-order valence-corrected chi connectivity index (χ0v) is 16.0. The summed E-state index contributed by atoms with van der Waals surface area (Å²) in [6, 6.07) is 9.35. The second kappa shape index (κ2) is 9.73. The first-order chi connectivity index (χ1) is 13.7. The predicted octanol–water partition coefficient (Wildman–Crippen LogP) is 3.04. The number of rotatable bonds is 8. The van der Waals surface area contributed by atoms with E-state index < -0.39 is 5.97 Å². The highest BCUT2D eigenvalue weighted by Crippen LogP contribution is 2.21. The van der Waals surface area contributed by atoms with Gasteiger partial charge in [0.15, 0.2) is 12.4 Å². The number of esters is 1. The zero-order chi connectivity index (χ0) is 19.8. The average molecular weight is 383 g/mol. The number of carbonyl (C=O) groups excluding carboxylic acids is 2. The number of hydrogen-bond donors (Lipinski definition) is 1. The number of carbonyl (C=O) groups is 2. The number of hydrogen-bond acceptors (Lipinski definition) is 5. The van der Waals surface area contributed by atoms with Crippen molar-refractivity contribution >= 4 is 11.9 Å². The summed E-state index contributed by atoms with van der Waals surface area (Å²) < 4.78 is 11.9. The number of methoxy groups -OCH3 is 1. The summed E-state index contributed by atoms with van der Waals surface area (Å²) in [7, 11) is 1.45. The van der Waals surface area contributed by atoms with E-state index in [1.807, 2.05) is 30.3 Å². The van der Waals surface area contributed by atoms with Crippen molar-refractivity contribution in [2.24, 2.45) is 0 Å². The molecule has 2 aromatic rings. The van der Waals surface area contributed by atoms with Crippen LogP contribution in [-0.2, 0) is 9.53 Å². The second-order valence-corrected chi connectivity index (χ2v) is 6.61. The fourth-order valence-electron chi connectivity index (χ4n) is 3.11. The first-order valence-electron chi connectivity index (χ1n) is 9.48. The van der Waals surface area contributed by atoms with Crippen LogP contribution in [0.4, 0.5) is 0 Å². The van der Waals surface area contributed by atoms with Gasteiger partial charge in [-0.15, -0.1) is 0 Å². The summed E-state index contributed by atoms with van der Waals surface area (Å²) in [6.45, 7) is 0.202. The van der Waals surface area contributed by atoms with Crippen LogP contribution in [0.15, 0.2) is 48.2 Å². The van der Waals surface area contributed by atoms with Gasteiger partial charge in [0.25, 0.3) is 5.91 Å². The lowest BCUT2D eigenvalue weighted by Crippen LogP contribution is -2.30. The summed E-state index contributed by atoms with van der Waals surface area (Å²) in [5.74, 6) is -0.735. The normalized spacial score (nSPS) is 13.5.